The Balaban J connectivity index is 1.82. The largest absolute Gasteiger partial charge is 0.342 e. The molecule has 2 aromatic heterocycles. The molecule has 0 unspecified atom stereocenters. The maximum Gasteiger partial charge on any atom is 0.139 e. The van der Waals surface area contributed by atoms with Crippen molar-refractivity contribution >= 4 is 27.0 Å². The van der Waals surface area contributed by atoms with Crippen LogP contribution in [0.3, 0.4) is 0 Å². The SMILES string of the molecule is Fc1cc2[nH]c(CCc3ccccn3)nc2cc1Br. The molecule has 1 aromatic carbocycles. The molecule has 0 spiro atoms. The van der Waals surface area contributed by atoms with Crippen molar-refractivity contribution in [1.29, 1.82) is 0 Å². The second-order valence-corrected chi connectivity index (χ2v) is 5.14. The molecule has 0 aliphatic heterocycles. The molecule has 0 aliphatic carbocycles. The monoisotopic (exact) mass is 319 g/mol. The van der Waals surface area contributed by atoms with E-state index in [1.807, 2.05) is 18.2 Å². The Morgan fingerprint density at radius 1 is 1.21 bits per heavy atom. The lowest BCUT2D eigenvalue weighted by molar-refractivity contribution is 0.623. The van der Waals surface area contributed by atoms with Gasteiger partial charge < -0.3 is 4.98 Å². The third-order valence-corrected chi connectivity index (χ3v) is 3.52. The number of fused-ring (bicyclic) bond motifs is 1. The predicted octanol–water partition coefficient (Wildman–Crippen LogP) is 3.64. The van der Waals surface area contributed by atoms with Gasteiger partial charge in [-0.2, -0.15) is 0 Å². The Bertz CT molecular complexity index is 670. The molecule has 1 N–H and O–H groups in total. The molecule has 0 aliphatic rings. The minimum Gasteiger partial charge on any atom is -0.342 e. The number of pyridine rings is 1. The van der Waals surface area contributed by atoms with Gasteiger partial charge in [0.2, 0.25) is 0 Å². The van der Waals surface area contributed by atoms with Gasteiger partial charge in [0.05, 0.1) is 15.5 Å². The van der Waals surface area contributed by atoms with E-state index in [2.05, 4.69) is 30.9 Å². The fourth-order valence-electron chi connectivity index (χ4n) is 1.97. The molecule has 0 atom stereocenters. The van der Waals surface area contributed by atoms with Gasteiger partial charge in [-0.25, -0.2) is 9.37 Å². The first-order valence-electron chi connectivity index (χ1n) is 5.96. The topological polar surface area (TPSA) is 41.6 Å². The van der Waals surface area contributed by atoms with Gasteiger partial charge >= 0.3 is 0 Å². The summed E-state index contributed by atoms with van der Waals surface area (Å²) in [6, 6.07) is 8.99. The Morgan fingerprint density at radius 2 is 2.11 bits per heavy atom. The lowest BCUT2D eigenvalue weighted by atomic mass is 10.2. The summed E-state index contributed by atoms with van der Waals surface area (Å²) in [6.45, 7) is 0. The number of rotatable bonds is 3. The van der Waals surface area contributed by atoms with Gasteiger partial charge in [-0.05, 0) is 40.5 Å². The van der Waals surface area contributed by atoms with Crippen LogP contribution in [-0.4, -0.2) is 15.0 Å². The van der Waals surface area contributed by atoms with Gasteiger partial charge in [-0.1, -0.05) is 6.07 Å². The molecule has 2 heterocycles. The van der Waals surface area contributed by atoms with E-state index in [1.165, 1.54) is 6.07 Å². The highest BCUT2D eigenvalue weighted by atomic mass is 79.9. The van der Waals surface area contributed by atoms with E-state index >= 15 is 0 Å². The highest BCUT2D eigenvalue weighted by Crippen LogP contribution is 2.22. The smallest absolute Gasteiger partial charge is 0.139 e. The Labute approximate surface area is 118 Å². The number of nitrogens with one attached hydrogen (secondary N) is 1. The summed E-state index contributed by atoms with van der Waals surface area (Å²) < 4.78 is 13.8. The Morgan fingerprint density at radius 3 is 2.89 bits per heavy atom. The van der Waals surface area contributed by atoms with E-state index in [-0.39, 0.29) is 5.82 Å². The molecule has 0 bridgehead atoms. The molecule has 3 rings (SSSR count). The lowest BCUT2D eigenvalue weighted by Gasteiger charge is -1.96. The van der Waals surface area contributed by atoms with Crippen molar-refractivity contribution in [1.82, 2.24) is 15.0 Å². The zero-order chi connectivity index (χ0) is 13.2. The zero-order valence-corrected chi connectivity index (χ0v) is 11.6. The molecule has 0 saturated carbocycles. The van der Waals surface area contributed by atoms with Crippen molar-refractivity contribution in [3.05, 3.63) is 58.3 Å². The summed E-state index contributed by atoms with van der Waals surface area (Å²) >= 11 is 3.16. The van der Waals surface area contributed by atoms with E-state index in [0.29, 0.717) is 4.47 Å². The van der Waals surface area contributed by atoms with Crippen LogP contribution in [0.2, 0.25) is 0 Å². The summed E-state index contributed by atoms with van der Waals surface area (Å²) in [4.78, 5) is 11.9. The van der Waals surface area contributed by atoms with Crippen LogP contribution in [0.15, 0.2) is 41.0 Å². The quantitative estimate of drug-likeness (QED) is 0.800. The molecule has 96 valence electrons. The second-order valence-electron chi connectivity index (χ2n) is 4.29. The van der Waals surface area contributed by atoms with E-state index in [0.717, 1.165) is 35.4 Å². The minimum atomic E-state index is -0.285. The number of nitrogens with zero attached hydrogens (tertiary/aromatic N) is 2. The van der Waals surface area contributed by atoms with Gasteiger partial charge in [-0.3, -0.25) is 4.98 Å². The molecular formula is C14H11BrFN3. The van der Waals surface area contributed by atoms with Crippen molar-refractivity contribution in [2.75, 3.05) is 0 Å². The van der Waals surface area contributed by atoms with Gasteiger partial charge in [0.1, 0.15) is 11.6 Å². The average molecular weight is 320 g/mol. The van der Waals surface area contributed by atoms with E-state index in [4.69, 9.17) is 0 Å². The van der Waals surface area contributed by atoms with Gasteiger partial charge in [-0.15, -0.1) is 0 Å². The second kappa shape index (κ2) is 5.09. The summed E-state index contributed by atoms with van der Waals surface area (Å²) in [5.41, 5.74) is 2.51. The first-order chi connectivity index (χ1) is 9.22. The van der Waals surface area contributed by atoms with Gasteiger partial charge in [0, 0.05) is 24.4 Å². The lowest BCUT2D eigenvalue weighted by Crippen LogP contribution is -1.95. The van der Waals surface area contributed by atoms with Crippen LogP contribution < -0.4 is 0 Å². The number of aryl methyl sites for hydroxylation is 2. The number of aromatic amines is 1. The van der Waals surface area contributed by atoms with Crippen LogP contribution in [0.1, 0.15) is 11.5 Å². The van der Waals surface area contributed by atoms with Gasteiger partial charge in [0.25, 0.3) is 0 Å². The summed E-state index contributed by atoms with van der Waals surface area (Å²) in [5.74, 6) is 0.561. The Kier molecular flexibility index (Phi) is 3.29. The van der Waals surface area contributed by atoms with Crippen molar-refractivity contribution in [2.45, 2.75) is 12.8 Å². The fraction of sp³-hybridized carbons (Fsp3) is 0.143. The maximum atomic E-state index is 13.4. The number of hydrogen-bond acceptors (Lipinski definition) is 2. The molecule has 19 heavy (non-hydrogen) atoms. The van der Waals surface area contributed by atoms with Crippen LogP contribution >= 0.6 is 15.9 Å². The minimum absolute atomic E-state index is 0.285. The number of H-pyrrole nitrogens is 1. The van der Waals surface area contributed by atoms with E-state index in [1.54, 1.807) is 12.3 Å². The maximum absolute atomic E-state index is 13.4. The molecular weight excluding hydrogens is 309 g/mol. The number of aromatic nitrogens is 3. The summed E-state index contributed by atoms with van der Waals surface area (Å²) in [5, 5.41) is 0. The molecule has 0 radical (unpaired) electrons. The highest BCUT2D eigenvalue weighted by Gasteiger charge is 2.07. The average Bonchev–Trinajstić information content (AvgIpc) is 2.80. The van der Waals surface area contributed by atoms with Crippen molar-refractivity contribution in [2.24, 2.45) is 0 Å². The first-order valence-corrected chi connectivity index (χ1v) is 6.75. The number of halogens is 2. The van der Waals surface area contributed by atoms with Crippen LogP contribution in [0, 0.1) is 5.82 Å². The number of imidazole rings is 1. The highest BCUT2D eigenvalue weighted by molar-refractivity contribution is 9.10. The van der Waals surface area contributed by atoms with Crippen molar-refractivity contribution in [3.8, 4) is 0 Å². The molecule has 3 nitrogen and oxygen atoms in total. The molecule has 0 fully saturated rings. The standard InChI is InChI=1S/C14H11BrFN3/c15-10-7-12-13(8-11(10)16)19-14(18-12)5-4-9-3-1-2-6-17-9/h1-3,6-8H,4-5H2,(H,18,19). The molecule has 0 saturated heterocycles. The van der Waals surface area contributed by atoms with Crippen LogP contribution in [0.5, 0.6) is 0 Å². The van der Waals surface area contributed by atoms with Crippen LogP contribution in [0.4, 0.5) is 4.39 Å². The molecule has 0 amide bonds. The summed E-state index contributed by atoms with van der Waals surface area (Å²) in [6.07, 6.45) is 3.34. The first kappa shape index (κ1) is 12.3. The zero-order valence-electron chi connectivity index (χ0n) is 10.0. The predicted molar refractivity (Wildman–Crippen MR) is 75.4 cm³/mol. The summed E-state index contributed by atoms with van der Waals surface area (Å²) in [7, 11) is 0. The van der Waals surface area contributed by atoms with E-state index < -0.39 is 0 Å². The van der Waals surface area contributed by atoms with Crippen molar-refractivity contribution < 1.29 is 4.39 Å². The van der Waals surface area contributed by atoms with Crippen LogP contribution in [0.25, 0.3) is 11.0 Å². The Hall–Kier alpha value is -1.75. The van der Waals surface area contributed by atoms with E-state index in [9.17, 15) is 4.39 Å². The van der Waals surface area contributed by atoms with Gasteiger partial charge in [0.15, 0.2) is 0 Å². The van der Waals surface area contributed by atoms with Crippen molar-refractivity contribution in [3.63, 3.8) is 0 Å². The number of hydrogen-bond donors (Lipinski definition) is 1. The third kappa shape index (κ3) is 2.66. The molecule has 3 aromatic rings. The third-order valence-electron chi connectivity index (χ3n) is 2.92. The fourth-order valence-corrected chi connectivity index (χ4v) is 2.30. The normalized spacial score (nSPS) is 11.1. The number of benzene rings is 1. The van der Waals surface area contributed by atoms with Crippen LogP contribution in [-0.2, 0) is 12.8 Å². The molecule has 5 heteroatoms.